The van der Waals surface area contributed by atoms with Crippen LogP contribution in [0.25, 0.3) is 0 Å². The van der Waals surface area contributed by atoms with Gasteiger partial charge in [0.25, 0.3) is 0 Å². The average Bonchev–Trinajstić information content (AvgIpc) is 2.12. The maximum Gasteiger partial charge on any atom is 0.238 e. The number of aryl methyl sites for hydroxylation is 1. The van der Waals surface area contributed by atoms with Gasteiger partial charge in [0.1, 0.15) is 0 Å². The maximum atomic E-state index is 11.4. The van der Waals surface area contributed by atoms with Crippen LogP contribution in [-0.4, -0.2) is 8.42 Å². The van der Waals surface area contributed by atoms with E-state index in [2.05, 4.69) is 20.8 Å². The Morgan fingerprint density at radius 3 is 2.25 bits per heavy atom. The van der Waals surface area contributed by atoms with Crippen LogP contribution in [0.3, 0.4) is 0 Å². The standard InChI is InChI=1S/C12H19NO2S/c1-12(2,3)9-8-10-6-4-5-7-11(10)16(13,14)15/h4-7H,8-9H2,1-3H3,(H2,13,14,15). The second kappa shape index (κ2) is 4.55. The second-order valence-electron chi connectivity index (χ2n) is 5.21. The van der Waals surface area contributed by atoms with Crippen molar-refractivity contribution >= 4 is 10.0 Å². The summed E-state index contributed by atoms with van der Waals surface area (Å²) < 4.78 is 22.7. The Morgan fingerprint density at radius 2 is 1.75 bits per heavy atom. The van der Waals surface area contributed by atoms with Gasteiger partial charge in [-0.1, -0.05) is 39.0 Å². The summed E-state index contributed by atoms with van der Waals surface area (Å²) >= 11 is 0. The minimum absolute atomic E-state index is 0.186. The van der Waals surface area contributed by atoms with Gasteiger partial charge in [0, 0.05) is 0 Å². The highest BCUT2D eigenvalue weighted by atomic mass is 32.2. The minimum Gasteiger partial charge on any atom is -0.225 e. The normalized spacial score (nSPS) is 12.8. The molecule has 0 radical (unpaired) electrons. The Balaban J connectivity index is 2.97. The zero-order chi connectivity index (χ0) is 12.4. The molecule has 0 saturated heterocycles. The van der Waals surface area contributed by atoms with Crippen molar-refractivity contribution in [2.75, 3.05) is 0 Å². The van der Waals surface area contributed by atoms with Gasteiger partial charge in [0.05, 0.1) is 4.90 Å². The summed E-state index contributed by atoms with van der Waals surface area (Å²) in [5.74, 6) is 0. The lowest BCUT2D eigenvalue weighted by molar-refractivity contribution is 0.377. The van der Waals surface area contributed by atoms with Crippen molar-refractivity contribution in [1.82, 2.24) is 0 Å². The number of hydrogen-bond donors (Lipinski definition) is 1. The van der Waals surface area contributed by atoms with Gasteiger partial charge >= 0.3 is 0 Å². The van der Waals surface area contributed by atoms with E-state index in [0.717, 1.165) is 18.4 Å². The Bertz CT molecular complexity index is 458. The molecule has 0 aliphatic rings. The van der Waals surface area contributed by atoms with Crippen LogP contribution in [0, 0.1) is 5.41 Å². The SMILES string of the molecule is CC(C)(C)CCc1ccccc1S(N)(=O)=O. The van der Waals surface area contributed by atoms with Crippen LogP contribution in [0.5, 0.6) is 0 Å². The Morgan fingerprint density at radius 1 is 1.19 bits per heavy atom. The monoisotopic (exact) mass is 241 g/mol. The summed E-state index contributed by atoms with van der Waals surface area (Å²) in [7, 11) is -3.60. The quantitative estimate of drug-likeness (QED) is 0.882. The molecular formula is C12H19NO2S. The van der Waals surface area contributed by atoms with E-state index < -0.39 is 10.0 Å². The van der Waals surface area contributed by atoms with Gasteiger partial charge in [0.15, 0.2) is 0 Å². The molecule has 0 atom stereocenters. The van der Waals surface area contributed by atoms with Crippen LogP contribution in [0.15, 0.2) is 29.2 Å². The third-order valence-electron chi connectivity index (χ3n) is 2.42. The highest BCUT2D eigenvalue weighted by Crippen LogP contribution is 2.24. The van der Waals surface area contributed by atoms with E-state index >= 15 is 0 Å². The Kier molecular flexibility index (Phi) is 3.76. The molecule has 0 heterocycles. The third-order valence-corrected chi connectivity index (χ3v) is 3.43. The second-order valence-corrected chi connectivity index (χ2v) is 6.74. The number of primary sulfonamides is 1. The average molecular weight is 241 g/mol. The molecule has 3 nitrogen and oxygen atoms in total. The molecule has 90 valence electrons. The molecular weight excluding hydrogens is 222 g/mol. The van der Waals surface area contributed by atoms with Crippen molar-refractivity contribution in [2.45, 2.75) is 38.5 Å². The van der Waals surface area contributed by atoms with Crippen molar-refractivity contribution in [3.8, 4) is 0 Å². The molecule has 2 N–H and O–H groups in total. The lowest BCUT2D eigenvalue weighted by atomic mass is 9.89. The van der Waals surface area contributed by atoms with E-state index in [4.69, 9.17) is 5.14 Å². The Labute approximate surface area is 97.7 Å². The van der Waals surface area contributed by atoms with Crippen LogP contribution in [0.1, 0.15) is 32.8 Å². The summed E-state index contributed by atoms with van der Waals surface area (Å²) in [6, 6.07) is 6.92. The number of hydrogen-bond acceptors (Lipinski definition) is 2. The van der Waals surface area contributed by atoms with Gasteiger partial charge in [-0.15, -0.1) is 0 Å². The summed E-state index contributed by atoms with van der Waals surface area (Å²) in [5.41, 5.74) is 0.991. The molecule has 0 saturated carbocycles. The maximum absolute atomic E-state index is 11.4. The molecule has 0 unspecified atom stereocenters. The number of nitrogens with two attached hydrogens (primary N) is 1. The lowest BCUT2D eigenvalue weighted by Gasteiger charge is -2.18. The molecule has 0 amide bonds. The highest BCUT2D eigenvalue weighted by Gasteiger charge is 2.16. The molecule has 0 bridgehead atoms. The first-order valence-corrected chi connectivity index (χ1v) is 6.85. The highest BCUT2D eigenvalue weighted by molar-refractivity contribution is 7.89. The van der Waals surface area contributed by atoms with Gasteiger partial charge in [-0.3, -0.25) is 0 Å². The van der Waals surface area contributed by atoms with E-state index in [9.17, 15) is 8.42 Å². The minimum atomic E-state index is -3.60. The third kappa shape index (κ3) is 3.94. The molecule has 1 aromatic rings. The number of rotatable bonds is 3. The van der Waals surface area contributed by atoms with Crippen LogP contribution >= 0.6 is 0 Å². The van der Waals surface area contributed by atoms with Crippen molar-refractivity contribution in [3.05, 3.63) is 29.8 Å². The lowest BCUT2D eigenvalue weighted by Crippen LogP contribution is -2.15. The van der Waals surface area contributed by atoms with Crippen LogP contribution < -0.4 is 5.14 Å². The first-order valence-electron chi connectivity index (χ1n) is 5.31. The van der Waals surface area contributed by atoms with E-state index in [1.54, 1.807) is 12.1 Å². The van der Waals surface area contributed by atoms with E-state index in [-0.39, 0.29) is 10.3 Å². The number of sulfonamides is 1. The molecule has 1 aromatic carbocycles. The predicted octanol–water partition coefficient (Wildman–Crippen LogP) is 2.31. The van der Waals surface area contributed by atoms with Crippen LogP contribution in [-0.2, 0) is 16.4 Å². The van der Waals surface area contributed by atoms with Crippen LogP contribution in [0.4, 0.5) is 0 Å². The summed E-state index contributed by atoms with van der Waals surface area (Å²) in [4.78, 5) is 0.249. The molecule has 0 aliphatic carbocycles. The van der Waals surface area contributed by atoms with Gasteiger partial charge in [0.2, 0.25) is 10.0 Å². The van der Waals surface area contributed by atoms with E-state index in [1.165, 1.54) is 0 Å². The van der Waals surface area contributed by atoms with Gasteiger partial charge < -0.3 is 0 Å². The zero-order valence-electron chi connectivity index (χ0n) is 10.0. The fraction of sp³-hybridized carbons (Fsp3) is 0.500. The van der Waals surface area contributed by atoms with Crippen molar-refractivity contribution in [1.29, 1.82) is 0 Å². The fourth-order valence-corrected chi connectivity index (χ4v) is 2.30. The topological polar surface area (TPSA) is 60.2 Å². The molecule has 0 aliphatic heterocycles. The number of benzene rings is 1. The van der Waals surface area contributed by atoms with Gasteiger partial charge in [-0.2, -0.15) is 0 Å². The van der Waals surface area contributed by atoms with Crippen molar-refractivity contribution in [3.63, 3.8) is 0 Å². The molecule has 0 spiro atoms. The fourth-order valence-electron chi connectivity index (χ4n) is 1.50. The smallest absolute Gasteiger partial charge is 0.225 e. The van der Waals surface area contributed by atoms with Gasteiger partial charge in [-0.25, -0.2) is 13.6 Å². The van der Waals surface area contributed by atoms with Gasteiger partial charge in [-0.05, 0) is 29.9 Å². The van der Waals surface area contributed by atoms with Crippen molar-refractivity contribution in [2.24, 2.45) is 10.6 Å². The first kappa shape index (κ1) is 13.2. The molecule has 0 aromatic heterocycles. The Hall–Kier alpha value is -0.870. The summed E-state index contributed by atoms with van der Waals surface area (Å²) in [5, 5.41) is 5.17. The van der Waals surface area contributed by atoms with E-state index in [1.807, 2.05) is 12.1 Å². The summed E-state index contributed by atoms with van der Waals surface area (Å²) in [6.07, 6.45) is 1.66. The van der Waals surface area contributed by atoms with E-state index in [0.29, 0.717) is 0 Å². The first-order chi connectivity index (χ1) is 7.20. The zero-order valence-corrected chi connectivity index (χ0v) is 10.8. The van der Waals surface area contributed by atoms with Crippen molar-refractivity contribution < 1.29 is 8.42 Å². The van der Waals surface area contributed by atoms with Crippen LogP contribution in [0.2, 0.25) is 0 Å². The molecule has 16 heavy (non-hydrogen) atoms. The molecule has 0 fully saturated rings. The molecule has 1 rings (SSSR count). The predicted molar refractivity (Wildman–Crippen MR) is 65.6 cm³/mol. The largest absolute Gasteiger partial charge is 0.238 e. The summed E-state index contributed by atoms with van der Waals surface area (Å²) in [6.45, 7) is 6.39. The molecule has 4 heteroatoms.